The van der Waals surface area contributed by atoms with Crippen LogP contribution in [0.2, 0.25) is 0 Å². The van der Waals surface area contributed by atoms with Gasteiger partial charge in [-0.15, -0.1) is 10.1 Å². The first-order chi connectivity index (χ1) is 8.80. The number of nitro groups is 1. The third kappa shape index (κ3) is 12.8. The molecule has 0 saturated carbocycles. The third-order valence-electron chi connectivity index (χ3n) is 2.85. The zero-order valence-electron chi connectivity index (χ0n) is 11.6. The summed E-state index contributed by atoms with van der Waals surface area (Å²) in [6.45, 7) is 3.31. The summed E-state index contributed by atoms with van der Waals surface area (Å²) in [5.41, 5.74) is -1.13. The van der Waals surface area contributed by atoms with Crippen molar-refractivity contribution < 1.29 is 20.3 Å². The van der Waals surface area contributed by atoms with Crippen molar-refractivity contribution in [2.45, 2.75) is 64.3 Å². The number of nitrogens with zero attached hydrogens (tertiary/aromatic N) is 2. The van der Waals surface area contributed by atoms with E-state index in [-0.39, 0.29) is 11.5 Å². The highest BCUT2D eigenvalue weighted by Crippen LogP contribution is 2.18. The fourth-order valence-corrected chi connectivity index (χ4v) is 1.51. The first-order valence-corrected chi connectivity index (χ1v) is 6.38. The minimum Gasteiger partial charge on any atom is -0.389 e. The lowest BCUT2D eigenvalue weighted by atomic mass is 9.95. The molecule has 0 spiro atoms. The van der Waals surface area contributed by atoms with Gasteiger partial charge in [-0.3, -0.25) is 10.1 Å². The predicted molar refractivity (Wildman–Crippen MR) is 69.3 cm³/mol. The number of hydrogen-bond donors (Lipinski definition) is 2. The molecule has 0 amide bonds. The number of rotatable bonds is 9. The lowest BCUT2D eigenvalue weighted by Gasteiger charge is -2.17. The molecule has 0 radical (unpaired) electrons. The molecule has 0 rings (SSSR count). The molecule has 0 aromatic carbocycles. The Balaban J connectivity index is 0. The van der Waals surface area contributed by atoms with Crippen LogP contribution in [-0.2, 0) is 0 Å². The van der Waals surface area contributed by atoms with Crippen molar-refractivity contribution >= 4 is 0 Å². The Morgan fingerprint density at radius 3 is 1.84 bits per heavy atom. The summed E-state index contributed by atoms with van der Waals surface area (Å²) in [6.07, 6.45) is 7.15. The summed E-state index contributed by atoms with van der Waals surface area (Å²) in [7, 11) is 0. The molecule has 0 aliphatic rings. The summed E-state index contributed by atoms with van der Waals surface area (Å²) in [4.78, 5) is 18.7. The van der Waals surface area contributed by atoms with Gasteiger partial charge in [0.1, 0.15) is 6.61 Å². The van der Waals surface area contributed by atoms with Crippen LogP contribution in [0.15, 0.2) is 0 Å². The van der Waals surface area contributed by atoms with Crippen LogP contribution in [0.5, 0.6) is 0 Å². The maximum Gasteiger partial charge on any atom is 0.291 e. The second-order valence-electron chi connectivity index (χ2n) is 4.67. The third-order valence-corrected chi connectivity index (χ3v) is 2.85. The molecule has 0 heterocycles. The maximum atomic E-state index is 10.7. The van der Waals surface area contributed by atoms with Crippen LogP contribution in [0.1, 0.15) is 58.8 Å². The Kier molecular flexibility index (Phi) is 12.2. The Morgan fingerprint density at radius 1 is 1.05 bits per heavy atom. The zero-order chi connectivity index (χ0) is 15.3. The summed E-state index contributed by atoms with van der Waals surface area (Å²) in [6, 6.07) is 0. The van der Waals surface area contributed by atoms with E-state index in [0.29, 0.717) is 6.42 Å². The van der Waals surface area contributed by atoms with Gasteiger partial charge in [0.15, 0.2) is 0 Å². The van der Waals surface area contributed by atoms with Crippen molar-refractivity contribution in [1.29, 1.82) is 0 Å². The highest BCUT2D eigenvalue weighted by atomic mass is 16.9. The van der Waals surface area contributed by atoms with Crippen LogP contribution >= 0.6 is 0 Å². The normalized spacial score (nSPS) is 13.0. The summed E-state index contributed by atoms with van der Waals surface area (Å²) in [5, 5.41) is 33.3. The second kappa shape index (κ2) is 11.6. The smallest absolute Gasteiger partial charge is 0.291 e. The van der Waals surface area contributed by atoms with E-state index >= 15 is 0 Å². The molecule has 19 heavy (non-hydrogen) atoms. The van der Waals surface area contributed by atoms with Gasteiger partial charge in [-0.2, -0.15) is 0 Å². The van der Waals surface area contributed by atoms with Crippen LogP contribution in [0, 0.1) is 20.2 Å². The summed E-state index contributed by atoms with van der Waals surface area (Å²) in [5.74, 6) is 0. The number of unbranched alkanes of at least 4 members (excludes halogenated alkanes) is 5. The molecule has 8 nitrogen and oxygen atoms in total. The Bertz CT molecular complexity index is 258. The lowest BCUT2D eigenvalue weighted by Crippen LogP contribution is -2.38. The van der Waals surface area contributed by atoms with Gasteiger partial charge in [0.2, 0.25) is 5.54 Å². The molecule has 1 unspecified atom stereocenters. The zero-order valence-corrected chi connectivity index (χ0v) is 11.6. The van der Waals surface area contributed by atoms with E-state index in [2.05, 4.69) is 6.92 Å². The molecule has 1 atom stereocenters. The van der Waals surface area contributed by atoms with E-state index in [0.717, 1.165) is 19.3 Å². The molecule has 0 saturated heterocycles. The SMILES string of the molecule is CCCCCCCCC(C)(CO)[N+](=O)[O-].O=[N+]([O-])O. The van der Waals surface area contributed by atoms with Crippen molar-refractivity contribution in [3.8, 4) is 0 Å². The number of aliphatic hydroxyl groups excluding tert-OH is 1. The fourth-order valence-electron chi connectivity index (χ4n) is 1.51. The second-order valence-corrected chi connectivity index (χ2v) is 4.67. The first kappa shape index (κ1) is 19.9. The van der Waals surface area contributed by atoms with Gasteiger partial charge in [0, 0.05) is 18.3 Å². The van der Waals surface area contributed by atoms with Gasteiger partial charge in [0.25, 0.3) is 5.09 Å². The lowest BCUT2D eigenvalue weighted by molar-refractivity contribution is -0.742. The van der Waals surface area contributed by atoms with Crippen molar-refractivity contribution in [2.24, 2.45) is 0 Å². The van der Waals surface area contributed by atoms with Crippen LogP contribution in [0.3, 0.4) is 0 Å². The average Bonchev–Trinajstić information content (AvgIpc) is 2.32. The van der Waals surface area contributed by atoms with Gasteiger partial charge in [-0.1, -0.05) is 39.0 Å². The topological polar surface area (TPSA) is 127 Å². The Labute approximate surface area is 112 Å². The van der Waals surface area contributed by atoms with Crippen LogP contribution in [0.25, 0.3) is 0 Å². The van der Waals surface area contributed by atoms with E-state index in [9.17, 15) is 10.1 Å². The minimum atomic E-state index is -1.50. The van der Waals surface area contributed by atoms with Gasteiger partial charge >= 0.3 is 0 Å². The largest absolute Gasteiger partial charge is 0.389 e. The van der Waals surface area contributed by atoms with E-state index in [1.807, 2.05) is 0 Å². The molecule has 0 bridgehead atoms. The highest BCUT2D eigenvalue weighted by molar-refractivity contribution is 4.72. The highest BCUT2D eigenvalue weighted by Gasteiger charge is 2.35. The monoisotopic (exact) mass is 280 g/mol. The fraction of sp³-hybridized carbons (Fsp3) is 1.00. The molecule has 8 heteroatoms. The average molecular weight is 280 g/mol. The Morgan fingerprint density at radius 2 is 1.47 bits per heavy atom. The number of aliphatic hydroxyl groups is 1. The standard InChI is InChI=1S/C11H23NO3.HNO3/c1-3-4-5-6-7-8-9-11(2,10-13)12(14)15;2-1(3)4/h13H,3-10H2,1-2H3;(H,2,3,4). The van der Waals surface area contributed by atoms with E-state index < -0.39 is 10.6 Å². The molecule has 114 valence electrons. The summed E-state index contributed by atoms with van der Waals surface area (Å²) < 4.78 is 0. The molecule has 0 aromatic rings. The molecule has 0 fully saturated rings. The van der Waals surface area contributed by atoms with Crippen molar-refractivity contribution in [1.82, 2.24) is 0 Å². The molecule has 0 aliphatic carbocycles. The summed E-state index contributed by atoms with van der Waals surface area (Å²) >= 11 is 0. The van der Waals surface area contributed by atoms with Gasteiger partial charge in [-0.25, -0.2) is 0 Å². The first-order valence-electron chi connectivity index (χ1n) is 6.38. The van der Waals surface area contributed by atoms with Gasteiger partial charge < -0.3 is 10.3 Å². The van der Waals surface area contributed by atoms with E-state index in [4.69, 9.17) is 20.4 Å². The van der Waals surface area contributed by atoms with Crippen LogP contribution in [-0.4, -0.2) is 32.5 Å². The Hall–Kier alpha value is -1.44. The molecular weight excluding hydrogens is 256 g/mol. The van der Waals surface area contributed by atoms with Gasteiger partial charge in [-0.05, 0) is 6.42 Å². The van der Waals surface area contributed by atoms with Crippen molar-refractivity contribution in [2.75, 3.05) is 6.61 Å². The van der Waals surface area contributed by atoms with Crippen molar-refractivity contribution in [3.63, 3.8) is 0 Å². The van der Waals surface area contributed by atoms with Crippen LogP contribution in [0.4, 0.5) is 0 Å². The molecule has 2 N–H and O–H groups in total. The molecule has 0 aromatic heterocycles. The minimum absolute atomic E-state index is 0.362. The predicted octanol–water partition coefficient (Wildman–Crippen LogP) is 2.42. The van der Waals surface area contributed by atoms with Crippen LogP contribution < -0.4 is 0 Å². The van der Waals surface area contributed by atoms with E-state index in [1.54, 1.807) is 0 Å². The molecule has 0 aliphatic heterocycles. The molecular formula is C11H24N2O6. The quantitative estimate of drug-likeness (QED) is 0.379. The van der Waals surface area contributed by atoms with Crippen molar-refractivity contribution in [3.05, 3.63) is 20.2 Å². The van der Waals surface area contributed by atoms with E-state index in [1.165, 1.54) is 26.2 Å². The number of hydrogen-bond acceptors (Lipinski definition) is 5. The van der Waals surface area contributed by atoms with Gasteiger partial charge in [0.05, 0.1) is 0 Å². The maximum absolute atomic E-state index is 10.7.